The fourth-order valence-electron chi connectivity index (χ4n) is 2.84. The van der Waals surface area contributed by atoms with Gasteiger partial charge < -0.3 is 9.84 Å². The molecule has 0 unspecified atom stereocenters. The zero-order valence-corrected chi connectivity index (χ0v) is 15.9. The third-order valence-electron chi connectivity index (χ3n) is 4.34. The molecule has 1 aromatic carbocycles. The Labute approximate surface area is 164 Å². The van der Waals surface area contributed by atoms with Crippen molar-refractivity contribution in [1.82, 2.24) is 9.55 Å². The first-order chi connectivity index (χ1) is 13.7. The fraction of sp³-hybridized carbons (Fsp3) is 0.375. The van der Waals surface area contributed by atoms with Gasteiger partial charge in [0, 0.05) is 17.2 Å². The largest absolute Gasteiger partial charge is 0.390 e. The molecule has 3 rings (SSSR count). The minimum atomic E-state index is -4.12. The Morgan fingerprint density at radius 1 is 1.31 bits per heavy atom. The molecule has 13 heteroatoms. The van der Waals surface area contributed by atoms with Crippen LogP contribution in [0.15, 0.2) is 56.1 Å². The number of benzene rings is 1. The van der Waals surface area contributed by atoms with Crippen LogP contribution < -0.4 is 11.2 Å². The van der Waals surface area contributed by atoms with Gasteiger partial charge in [-0.1, -0.05) is 22.8 Å². The first-order valence-electron chi connectivity index (χ1n) is 8.38. The summed E-state index contributed by atoms with van der Waals surface area (Å²) in [5.74, 6) is 0. The lowest BCUT2D eigenvalue weighted by Crippen LogP contribution is -2.36. The molecule has 2 aromatic rings. The van der Waals surface area contributed by atoms with E-state index in [2.05, 4.69) is 10.0 Å². The number of hydrogen-bond donors (Lipinski definition) is 2. The van der Waals surface area contributed by atoms with Gasteiger partial charge in [-0.05, 0) is 24.6 Å². The fourth-order valence-corrected chi connectivity index (χ4v) is 3.76. The van der Waals surface area contributed by atoms with Crippen molar-refractivity contribution >= 4 is 10.1 Å². The van der Waals surface area contributed by atoms with E-state index in [9.17, 15) is 23.1 Å². The Hall–Kier alpha value is -2.96. The van der Waals surface area contributed by atoms with Gasteiger partial charge in [0.2, 0.25) is 0 Å². The summed E-state index contributed by atoms with van der Waals surface area (Å²) in [5.41, 5.74) is 8.13. The molecule has 1 fully saturated rings. The van der Waals surface area contributed by atoms with Gasteiger partial charge in [0.05, 0.1) is 17.6 Å². The van der Waals surface area contributed by atoms with E-state index in [-0.39, 0.29) is 4.90 Å². The van der Waals surface area contributed by atoms with Crippen molar-refractivity contribution in [2.24, 2.45) is 5.11 Å². The van der Waals surface area contributed by atoms with Gasteiger partial charge in [-0.3, -0.25) is 18.5 Å². The highest BCUT2D eigenvalue weighted by Gasteiger charge is 2.45. The quantitative estimate of drug-likeness (QED) is 0.288. The third kappa shape index (κ3) is 4.39. The first kappa shape index (κ1) is 20.8. The lowest BCUT2D eigenvalue weighted by atomic mass is 10.1. The normalized spacial score (nSPS) is 24.2. The highest BCUT2D eigenvalue weighted by atomic mass is 32.2. The average Bonchev–Trinajstić information content (AvgIpc) is 2.97. The number of rotatable bonds is 6. The van der Waals surface area contributed by atoms with E-state index in [4.69, 9.17) is 14.5 Å². The lowest BCUT2D eigenvalue weighted by molar-refractivity contribution is -0.0406. The Bertz CT molecular complexity index is 1150. The smallest absolute Gasteiger partial charge is 0.330 e. The van der Waals surface area contributed by atoms with Crippen molar-refractivity contribution in [1.29, 1.82) is 0 Å². The highest BCUT2D eigenvalue weighted by molar-refractivity contribution is 7.86. The molecule has 154 valence electrons. The number of H-pyrrole nitrogens is 1. The van der Waals surface area contributed by atoms with E-state index in [0.717, 1.165) is 22.4 Å². The summed E-state index contributed by atoms with van der Waals surface area (Å²) in [6.07, 6.45) is -2.82. The standard InChI is InChI=1S/C16H17N5O7S/c1-9-2-4-10(5-3-9)29(25,26)27-8-11-14(23)13(19-20-17)15(28-11)21-7-6-12(22)18-16(21)24/h2-7,11,13-15,23H,8H2,1H3,(H,18,22,24)/t11-,13-,14-,15-/m1/s1/i23+1. The van der Waals surface area contributed by atoms with E-state index < -0.39 is 52.5 Å². The monoisotopic (exact) mass is 424 g/mol. The Balaban J connectivity index is 1.81. The molecular formula is C16H17N5O7S. The van der Waals surface area contributed by atoms with E-state index >= 15 is 0 Å². The lowest BCUT2D eigenvalue weighted by Gasteiger charge is -2.17. The van der Waals surface area contributed by atoms with Gasteiger partial charge in [0.25, 0.3) is 15.7 Å². The molecule has 2 N–H and O–H groups in total. The second kappa shape index (κ2) is 8.19. The van der Waals surface area contributed by atoms with E-state index in [1.807, 2.05) is 4.98 Å². The number of aliphatic hydroxyl groups excluding tert-OH is 1. The number of aryl methyl sites for hydroxylation is 1. The number of nitrogens with one attached hydrogen (secondary N) is 1. The van der Waals surface area contributed by atoms with Crippen LogP contribution in [0.1, 0.15) is 11.8 Å². The van der Waals surface area contributed by atoms with Gasteiger partial charge in [-0.15, -0.1) is 0 Å². The Morgan fingerprint density at radius 3 is 2.62 bits per heavy atom. The van der Waals surface area contributed by atoms with Gasteiger partial charge >= 0.3 is 5.69 Å². The predicted molar refractivity (Wildman–Crippen MR) is 98.5 cm³/mol. The second-order valence-corrected chi connectivity index (χ2v) is 7.94. The van der Waals surface area contributed by atoms with E-state index in [1.54, 1.807) is 19.1 Å². The average molecular weight is 424 g/mol. The van der Waals surface area contributed by atoms with Gasteiger partial charge in [0.1, 0.15) is 18.4 Å². The third-order valence-corrected chi connectivity index (χ3v) is 5.64. The number of azide groups is 1. The number of nitrogens with zero attached hydrogens (tertiary/aromatic N) is 4. The molecule has 1 saturated heterocycles. The summed E-state index contributed by atoms with van der Waals surface area (Å²) in [7, 11) is -4.12. The summed E-state index contributed by atoms with van der Waals surface area (Å²) < 4.78 is 36.1. The van der Waals surface area contributed by atoms with Gasteiger partial charge in [0.15, 0.2) is 0 Å². The molecule has 29 heavy (non-hydrogen) atoms. The van der Waals surface area contributed by atoms with Crippen LogP contribution >= 0.6 is 0 Å². The maximum Gasteiger partial charge on any atom is 0.330 e. The summed E-state index contributed by atoms with van der Waals surface area (Å²) in [6.45, 7) is 1.22. The van der Waals surface area contributed by atoms with Crippen LogP contribution in [0.5, 0.6) is 0 Å². The SMILES string of the molecule is Cc1ccc(S(=O)(=O)OC[C@H]2O[C@@H](n3ccc(=O)[nH]c3=O)[C@H](N=[N+]=[N-])[C@@H]2[17OH])cc1. The van der Waals surface area contributed by atoms with Gasteiger partial charge in [-0.25, -0.2) is 4.79 Å². The predicted octanol–water partition coefficient (Wildman–Crippen LogP) is 0.188. The van der Waals surface area contributed by atoms with Crippen LogP contribution in [0.4, 0.5) is 0 Å². The number of ether oxygens (including phenoxy) is 1. The topological polar surface area (TPSA) is 176 Å². The molecule has 0 aliphatic carbocycles. The molecule has 0 spiro atoms. The van der Waals surface area contributed by atoms with Crippen molar-refractivity contribution in [3.63, 3.8) is 0 Å². The molecule has 1 aliphatic heterocycles. The number of aromatic amines is 1. The van der Waals surface area contributed by atoms with Crippen molar-refractivity contribution in [3.05, 3.63) is 73.4 Å². The highest BCUT2D eigenvalue weighted by Crippen LogP contribution is 2.31. The Morgan fingerprint density at radius 2 is 2.00 bits per heavy atom. The molecule has 2 heterocycles. The molecule has 0 radical (unpaired) electrons. The molecule has 0 bridgehead atoms. The zero-order valence-electron chi connectivity index (χ0n) is 15.1. The van der Waals surface area contributed by atoms with Crippen molar-refractivity contribution in [2.75, 3.05) is 6.61 Å². The summed E-state index contributed by atoms with van der Waals surface area (Å²) in [5, 5.41) is 13.8. The maximum atomic E-state index is 12.3. The van der Waals surface area contributed by atoms with Crippen molar-refractivity contribution in [2.45, 2.75) is 36.3 Å². The van der Waals surface area contributed by atoms with Crippen LogP contribution in [-0.2, 0) is 19.0 Å². The van der Waals surface area contributed by atoms with Crippen molar-refractivity contribution < 1.29 is 22.4 Å². The van der Waals surface area contributed by atoms with E-state index in [1.165, 1.54) is 12.1 Å². The summed E-state index contributed by atoms with van der Waals surface area (Å²) in [4.78, 5) is 27.8. The zero-order chi connectivity index (χ0) is 21.2. The van der Waals surface area contributed by atoms with E-state index in [0.29, 0.717) is 0 Å². The van der Waals surface area contributed by atoms with Crippen LogP contribution in [0.3, 0.4) is 0 Å². The van der Waals surface area contributed by atoms with Crippen molar-refractivity contribution in [3.8, 4) is 0 Å². The molecule has 0 amide bonds. The first-order valence-corrected chi connectivity index (χ1v) is 9.79. The number of hydrogen-bond acceptors (Lipinski definition) is 8. The minimum Gasteiger partial charge on any atom is -0.390 e. The van der Waals surface area contributed by atoms with Gasteiger partial charge in [-0.2, -0.15) is 8.42 Å². The molecular weight excluding hydrogens is 407 g/mol. The molecule has 0 saturated carbocycles. The number of aromatic nitrogens is 2. The Kier molecular flexibility index (Phi) is 5.86. The van der Waals surface area contributed by atoms with Crippen LogP contribution in [0.2, 0.25) is 0 Å². The maximum absolute atomic E-state index is 12.3. The number of aliphatic hydroxyl groups is 1. The molecule has 1 aliphatic rings. The second-order valence-electron chi connectivity index (χ2n) is 6.32. The minimum absolute atomic E-state index is 0.0735. The summed E-state index contributed by atoms with van der Waals surface area (Å²) in [6, 6.07) is 5.76. The molecule has 4 atom stereocenters. The van der Waals surface area contributed by atoms with Crippen LogP contribution in [-0.4, -0.2) is 47.9 Å². The van der Waals surface area contributed by atoms with Crippen LogP contribution in [0.25, 0.3) is 10.4 Å². The van der Waals surface area contributed by atoms with Crippen LogP contribution in [0, 0.1) is 6.92 Å². The molecule has 12 nitrogen and oxygen atoms in total. The molecule has 1 aromatic heterocycles. The summed E-state index contributed by atoms with van der Waals surface area (Å²) >= 11 is 0.